The van der Waals surface area contributed by atoms with Gasteiger partial charge in [-0.25, -0.2) is 13.1 Å². The molecule has 0 spiro atoms. The van der Waals surface area contributed by atoms with E-state index in [9.17, 15) is 8.42 Å². The first-order chi connectivity index (χ1) is 12.9. The van der Waals surface area contributed by atoms with Gasteiger partial charge in [0.25, 0.3) is 0 Å². The summed E-state index contributed by atoms with van der Waals surface area (Å²) in [7, 11) is -0.401. The van der Waals surface area contributed by atoms with Crippen LogP contribution in [0.4, 0.5) is 0 Å². The molecule has 1 saturated heterocycles. The smallest absolute Gasteiger partial charge is 0.244 e. The maximum absolute atomic E-state index is 12.9. The van der Waals surface area contributed by atoms with Crippen LogP contribution < -0.4 is 9.46 Å². The second kappa shape index (κ2) is 8.62. The van der Waals surface area contributed by atoms with Crippen LogP contribution in [-0.4, -0.2) is 57.8 Å². The van der Waals surface area contributed by atoms with Crippen molar-refractivity contribution in [3.05, 3.63) is 47.2 Å². The SMILES string of the molecule is COc1ccc(Cl)cc1S(=O)(=O)NCC(c1cccn1C)N1CCOCC1. The van der Waals surface area contributed by atoms with E-state index in [1.165, 1.54) is 13.2 Å². The predicted molar refractivity (Wildman–Crippen MR) is 104 cm³/mol. The molecule has 3 rings (SSSR count). The molecule has 1 aliphatic rings. The van der Waals surface area contributed by atoms with Crippen LogP contribution in [0.3, 0.4) is 0 Å². The Morgan fingerprint density at radius 1 is 1.30 bits per heavy atom. The number of sulfonamides is 1. The van der Waals surface area contributed by atoms with E-state index in [4.69, 9.17) is 21.1 Å². The van der Waals surface area contributed by atoms with Crippen molar-refractivity contribution >= 4 is 21.6 Å². The van der Waals surface area contributed by atoms with E-state index in [2.05, 4.69) is 9.62 Å². The van der Waals surface area contributed by atoms with E-state index in [-0.39, 0.29) is 23.2 Å². The number of hydrogen-bond donors (Lipinski definition) is 1. The fourth-order valence-electron chi connectivity index (χ4n) is 3.26. The number of nitrogens with zero attached hydrogens (tertiary/aromatic N) is 2. The maximum atomic E-state index is 12.9. The summed E-state index contributed by atoms with van der Waals surface area (Å²) in [5.74, 6) is 0.258. The summed E-state index contributed by atoms with van der Waals surface area (Å²) in [4.78, 5) is 2.27. The highest BCUT2D eigenvalue weighted by atomic mass is 35.5. The van der Waals surface area contributed by atoms with E-state index in [0.29, 0.717) is 18.2 Å². The quantitative estimate of drug-likeness (QED) is 0.752. The molecule has 7 nitrogen and oxygen atoms in total. The van der Waals surface area contributed by atoms with Crippen LogP contribution in [0.15, 0.2) is 41.4 Å². The number of aryl methyl sites for hydroxylation is 1. The Morgan fingerprint density at radius 3 is 2.67 bits per heavy atom. The van der Waals surface area contributed by atoms with Crippen molar-refractivity contribution in [1.82, 2.24) is 14.2 Å². The monoisotopic (exact) mass is 413 g/mol. The first-order valence-corrected chi connectivity index (χ1v) is 10.5. The summed E-state index contributed by atoms with van der Waals surface area (Å²) < 4.78 is 41.2. The van der Waals surface area contributed by atoms with Gasteiger partial charge in [0.05, 0.1) is 26.4 Å². The molecule has 148 valence electrons. The Balaban J connectivity index is 1.84. The molecule has 1 aromatic carbocycles. The lowest BCUT2D eigenvalue weighted by molar-refractivity contribution is 0.0158. The number of rotatable bonds is 7. The molecule has 0 saturated carbocycles. The predicted octanol–water partition coefficient (Wildman–Crippen LogP) is 2.04. The lowest BCUT2D eigenvalue weighted by Crippen LogP contribution is -2.44. The van der Waals surface area contributed by atoms with Crippen molar-refractivity contribution in [3.8, 4) is 5.75 Å². The van der Waals surface area contributed by atoms with E-state index >= 15 is 0 Å². The van der Waals surface area contributed by atoms with Gasteiger partial charge >= 0.3 is 0 Å². The maximum Gasteiger partial charge on any atom is 0.244 e. The number of morpholine rings is 1. The summed E-state index contributed by atoms with van der Waals surface area (Å²) >= 11 is 5.99. The second-order valence-electron chi connectivity index (χ2n) is 6.36. The highest BCUT2D eigenvalue weighted by molar-refractivity contribution is 7.89. The number of nitrogens with one attached hydrogen (secondary N) is 1. The lowest BCUT2D eigenvalue weighted by Gasteiger charge is -2.35. The average molecular weight is 414 g/mol. The van der Waals surface area contributed by atoms with Gasteiger partial charge in [-0.15, -0.1) is 0 Å². The van der Waals surface area contributed by atoms with Crippen LogP contribution in [0.5, 0.6) is 5.75 Å². The first kappa shape index (κ1) is 20.2. The molecule has 27 heavy (non-hydrogen) atoms. The number of halogens is 1. The van der Waals surface area contributed by atoms with Gasteiger partial charge in [0, 0.05) is 43.6 Å². The molecule has 1 unspecified atom stereocenters. The Kier molecular flexibility index (Phi) is 6.44. The van der Waals surface area contributed by atoms with Crippen molar-refractivity contribution in [2.45, 2.75) is 10.9 Å². The molecule has 1 atom stereocenters. The number of hydrogen-bond acceptors (Lipinski definition) is 5. The van der Waals surface area contributed by atoms with Crippen LogP contribution >= 0.6 is 11.6 Å². The van der Waals surface area contributed by atoms with Gasteiger partial charge in [-0.1, -0.05) is 11.6 Å². The molecule has 1 aliphatic heterocycles. The van der Waals surface area contributed by atoms with Gasteiger partial charge in [-0.2, -0.15) is 0 Å². The molecular formula is C18H24ClN3O4S. The third kappa shape index (κ3) is 4.64. The van der Waals surface area contributed by atoms with Crippen molar-refractivity contribution < 1.29 is 17.9 Å². The largest absolute Gasteiger partial charge is 0.495 e. The van der Waals surface area contributed by atoms with E-state index in [1.807, 2.05) is 29.9 Å². The summed E-state index contributed by atoms with van der Waals surface area (Å²) in [5.41, 5.74) is 1.04. The summed E-state index contributed by atoms with van der Waals surface area (Å²) in [6.07, 6.45) is 1.96. The third-order valence-electron chi connectivity index (χ3n) is 4.69. The molecule has 0 radical (unpaired) electrons. The van der Waals surface area contributed by atoms with Crippen LogP contribution in [0.1, 0.15) is 11.7 Å². The summed E-state index contributed by atoms with van der Waals surface area (Å²) in [5, 5.41) is 0.336. The topological polar surface area (TPSA) is 72.8 Å². The summed E-state index contributed by atoms with van der Waals surface area (Å²) in [6.45, 7) is 3.00. The van der Waals surface area contributed by atoms with E-state index in [0.717, 1.165) is 18.8 Å². The Bertz CT molecular complexity index is 878. The minimum atomic E-state index is -3.79. The van der Waals surface area contributed by atoms with Crippen LogP contribution in [0, 0.1) is 0 Å². The van der Waals surface area contributed by atoms with Crippen molar-refractivity contribution in [1.29, 1.82) is 0 Å². The standard InChI is InChI=1S/C18H24ClN3O4S/c1-21-7-3-4-15(21)16(22-8-10-26-11-9-22)13-20-27(23,24)18-12-14(19)5-6-17(18)25-2/h3-7,12,16,20H,8-11,13H2,1-2H3. The molecule has 0 amide bonds. The summed E-state index contributed by atoms with van der Waals surface area (Å²) in [6, 6.07) is 8.41. The average Bonchev–Trinajstić information content (AvgIpc) is 3.08. The van der Waals surface area contributed by atoms with Crippen molar-refractivity contribution in [2.75, 3.05) is 40.0 Å². The molecule has 2 heterocycles. The Labute approximate surface area is 164 Å². The van der Waals surface area contributed by atoms with Gasteiger partial charge in [0.15, 0.2) is 0 Å². The zero-order chi connectivity index (χ0) is 19.4. The van der Waals surface area contributed by atoms with E-state index < -0.39 is 10.0 Å². The van der Waals surface area contributed by atoms with Gasteiger partial charge in [-0.05, 0) is 30.3 Å². The number of ether oxygens (including phenoxy) is 2. The van der Waals surface area contributed by atoms with E-state index in [1.54, 1.807) is 12.1 Å². The van der Waals surface area contributed by atoms with Crippen molar-refractivity contribution in [2.24, 2.45) is 7.05 Å². The third-order valence-corrected chi connectivity index (χ3v) is 6.37. The van der Waals surface area contributed by atoms with Crippen molar-refractivity contribution in [3.63, 3.8) is 0 Å². The molecule has 0 bridgehead atoms. The van der Waals surface area contributed by atoms with Crippen LogP contribution in [0.2, 0.25) is 5.02 Å². The van der Waals surface area contributed by atoms with Crippen LogP contribution in [-0.2, 0) is 21.8 Å². The van der Waals surface area contributed by atoms with Gasteiger partial charge in [-0.3, -0.25) is 4.90 Å². The minimum absolute atomic E-state index is 0.0325. The number of benzene rings is 1. The lowest BCUT2D eigenvalue weighted by atomic mass is 10.1. The Hall–Kier alpha value is -1.58. The molecule has 1 N–H and O–H groups in total. The van der Waals surface area contributed by atoms with Crippen LogP contribution in [0.25, 0.3) is 0 Å². The highest BCUT2D eigenvalue weighted by Crippen LogP contribution is 2.28. The van der Waals surface area contributed by atoms with Gasteiger partial charge in [0.1, 0.15) is 10.6 Å². The molecular weight excluding hydrogens is 390 g/mol. The zero-order valence-corrected chi connectivity index (χ0v) is 17.0. The normalized spacial score (nSPS) is 17.0. The molecule has 1 aromatic heterocycles. The molecule has 0 aliphatic carbocycles. The molecule has 2 aromatic rings. The van der Waals surface area contributed by atoms with Gasteiger partial charge < -0.3 is 14.0 Å². The number of methoxy groups -OCH3 is 1. The number of aromatic nitrogens is 1. The highest BCUT2D eigenvalue weighted by Gasteiger charge is 2.27. The minimum Gasteiger partial charge on any atom is -0.495 e. The second-order valence-corrected chi connectivity index (χ2v) is 8.53. The molecule has 1 fully saturated rings. The Morgan fingerprint density at radius 2 is 2.04 bits per heavy atom. The first-order valence-electron chi connectivity index (χ1n) is 8.68. The van der Waals surface area contributed by atoms with Gasteiger partial charge in [0.2, 0.25) is 10.0 Å². The zero-order valence-electron chi connectivity index (χ0n) is 15.4. The fraction of sp³-hybridized carbons (Fsp3) is 0.444. The fourth-order valence-corrected chi connectivity index (χ4v) is 4.73. The molecule has 9 heteroatoms.